The molecular weight excluding hydrogens is 412 g/mol. The summed E-state index contributed by atoms with van der Waals surface area (Å²) < 4.78 is 6.74. The predicted molar refractivity (Wildman–Crippen MR) is 124 cm³/mol. The maximum atomic E-state index is 13.1. The lowest BCUT2D eigenvalue weighted by Crippen LogP contribution is -2.43. The number of likely N-dealkylation sites (N-methyl/N-ethyl adjacent to an activating group) is 1. The number of nitrogens with one attached hydrogen (secondary N) is 1. The van der Waals surface area contributed by atoms with Gasteiger partial charge in [-0.3, -0.25) is 19.1 Å². The van der Waals surface area contributed by atoms with E-state index in [4.69, 9.17) is 15.7 Å². The number of amides is 1. The van der Waals surface area contributed by atoms with Crippen LogP contribution in [0.25, 0.3) is 0 Å². The zero-order valence-electron chi connectivity index (χ0n) is 18.8. The first-order chi connectivity index (χ1) is 15.3. The molecule has 1 aromatic heterocycles. The number of carbonyl (C=O) groups is 1. The zero-order chi connectivity index (χ0) is 23.7. The minimum atomic E-state index is -0.653. The van der Waals surface area contributed by atoms with Crippen LogP contribution in [0.5, 0.6) is 5.75 Å². The Morgan fingerprint density at radius 2 is 1.94 bits per heavy atom. The summed E-state index contributed by atoms with van der Waals surface area (Å²) in [5, 5.41) is 9.01. The molecule has 0 aliphatic carbocycles. The molecule has 10 heteroatoms. The van der Waals surface area contributed by atoms with E-state index in [1.54, 1.807) is 31.3 Å². The van der Waals surface area contributed by atoms with Crippen LogP contribution >= 0.6 is 0 Å². The number of hydrogen-bond acceptors (Lipinski definition) is 7. The summed E-state index contributed by atoms with van der Waals surface area (Å²) in [4.78, 5) is 42.9. The van der Waals surface area contributed by atoms with E-state index in [0.29, 0.717) is 24.6 Å². The SMILES string of the molecule is CCCCn1c(N)c(N(C)CC(=O)N(CCC#N)c2ccc(OCC)cc2)c(=O)[nH]c1=O. The Hall–Kier alpha value is -3.74. The first-order valence-electron chi connectivity index (χ1n) is 10.6. The second-order valence-corrected chi connectivity index (χ2v) is 7.23. The molecule has 32 heavy (non-hydrogen) atoms. The minimum Gasteiger partial charge on any atom is -0.494 e. The van der Waals surface area contributed by atoms with Crippen molar-refractivity contribution in [2.75, 3.05) is 42.3 Å². The number of hydrogen-bond donors (Lipinski definition) is 2. The Labute approximate surface area is 186 Å². The van der Waals surface area contributed by atoms with E-state index >= 15 is 0 Å². The molecule has 0 saturated heterocycles. The number of nitrogen functional groups attached to an aromatic ring is 1. The molecule has 1 aromatic carbocycles. The van der Waals surface area contributed by atoms with Gasteiger partial charge in [-0.2, -0.15) is 5.26 Å². The fourth-order valence-electron chi connectivity index (χ4n) is 3.30. The number of unbranched alkanes of at least 4 members (excludes halogenated alkanes) is 1. The summed E-state index contributed by atoms with van der Waals surface area (Å²) in [5.74, 6) is 0.374. The van der Waals surface area contributed by atoms with Gasteiger partial charge in [0, 0.05) is 25.8 Å². The average Bonchev–Trinajstić information content (AvgIpc) is 2.75. The number of aromatic amines is 1. The van der Waals surface area contributed by atoms with Crippen LogP contribution in [0.4, 0.5) is 17.2 Å². The van der Waals surface area contributed by atoms with Crippen LogP contribution in [0, 0.1) is 11.3 Å². The quantitative estimate of drug-likeness (QED) is 0.540. The zero-order valence-corrected chi connectivity index (χ0v) is 18.8. The molecule has 0 atom stereocenters. The maximum absolute atomic E-state index is 13.1. The first-order valence-corrected chi connectivity index (χ1v) is 10.6. The summed E-state index contributed by atoms with van der Waals surface area (Å²) in [7, 11) is 1.56. The van der Waals surface area contributed by atoms with Crippen molar-refractivity contribution in [2.45, 2.75) is 39.7 Å². The lowest BCUT2D eigenvalue weighted by atomic mass is 10.2. The second kappa shape index (κ2) is 11.6. The van der Waals surface area contributed by atoms with Crippen LogP contribution in [0.3, 0.4) is 0 Å². The van der Waals surface area contributed by atoms with Gasteiger partial charge in [-0.15, -0.1) is 0 Å². The summed E-state index contributed by atoms with van der Waals surface area (Å²) in [6, 6.07) is 9.03. The highest BCUT2D eigenvalue weighted by Gasteiger charge is 2.22. The number of ether oxygens (including phenoxy) is 1. The molecule has 10 nitrogen and oxygen atoms in total. The molecule has 0 spiro atoms. The Balaban J connectivity index is 2.30. The van der Waals surface area contributed by atoms with Crippen LogP contribution in [0.15, 0.2) is 33.9 Å². The van der Waals surface area contributed by atoms with Gasteiger partial charge in [0.05, 0.1) is 25.6 Å². The number of H-pyrrole nitrogens is 1. The Morgan fingerprint density at radius 3 is 2.53 bits per heavy atom. The summed E-state index contributed by atoms with van der Waals surface area (Å²) in [6.07, 6.45) is 1.72. The fraction of sp³-hybridized carbons (Fsp3) is 0.455. The molecule has 1 amide bonds. The molecule has 2 rings (SSSR count). The van der Waals surface area contributed by atoms with E-state index in [-0.39, 0.29) is 36.9 Å². The fourth-order valence-corrected chi connectivity index (χ4v) is 3.30. The number of carbonyl (C=O) groups excluding carboxylic acids is 1. The highest BCUT2D eigenvalue weighted by molar-refractivity contribution is 5.96. The van der Waals surface area contributed by atoms with Crippen molar-refractivity contribution >= 4 is 23.1 Å². The third kappa shape index (κ3) is 5.91. The molecule has 172 valence electrons. The van der Waals surface area contributed by atoms with Crippen molar-refractivity contribution in [1.82, 2.24) is 9.55 Å². The van der Waals surface area contributed by atoms with Gasteiger partial charge in [-0.25, -0.2) is 4.79 Å². The number of benzene rings is 1. The molecule has 0 fully saturated rings. The van der Waals surface area contributed by atoms with Crippen molar-refractivity contribution < 1.29 is 9.53 Å². The largest absolute Gasteiger partial charge is 0.494 e. The average molecular weight is 443 g/mol. The van der Waals surface area contributed by atoms with Crippen LogP contribution in [0.1, 0.15) is 33.1 Å². The minimum absolute atomic E-state index is 0.0205. The normalized spacial score (nSPS) is 10.4. The molecule has 0 aliphatic heterocycles. The van der Waals surface area contributed by atoms with Crippen molar-refractivity contribution in [3.63, 3.8) is 0 Å². The lowest BCUT2D eigenvalue weighted by Gasteiger charge is -2.26. The topological polar surface area (TPSA) is 137 Å². The van der Waals surface area contributed by atoms with E-state index in [2.05, 4.69) is 4.98 Å². The van der Waals surface area contributed by atoms with Crippen molar-refractivity contribution in [3.8, 4) is 11.8 Å². The molecule has 0 unspecified atom stereocenters. The van der Waals surface area contributed by atoms with Crippen molar-refractivity contribution in [3.05, 3.63) is 45.1 Å². The number of anilines is 3. The van der Waals surface area contributed by atoms with Crippen LogP contribution in [-0.2, 0) is 11.3 Å². The van der Waals surface area contributed by atoms with E-state index in [1.165, 1.54) is 14.4 Å². The number of nitrogens with zero attached hydrogens (tertiary/aromatic N) is 4. The second-order valence-electron chi connectivity index (χ2n) is 7.23. The highest BCUT2D eigenvalue weighted by atomic mass is 16.5. The van der Waals surface area contributed by atoms with E-state index in [0.717, 1.165) is 12.8 Å². The highest BCUT2D eigenvalue weighted by Crippen LogP contribution is 2.21. The third-order valence-electron chi connectivity index (χ3n) is 4.91. The van der Waals surface area contributed by atoms with Crippen LogP contribution in [0.2, 0.25) is 0 Å². The van der Waals surface area contributed by atoms with Gasteiger partial charge in [-0.05, 0) is 37.6 Å². The van der Waals surface area contributed by atoms with Gasteiger partial charge >= 0.3 is 5.69 Å². The Morgan fingerprint density at radius 1 is 1.25 bits per heavy atom. The van der Waals surface area contributed by atoms with Crippen LogP contribution < -0.4 is 31.5 Å². The summed E-state index contributed by atoms with van der Waals surface area (Å²) in [5.41, 5.74) is 5.57. The molecule has 1 heterocycles. The van der Waals surface area contributed by atoms with Gasteiger partial charge in [0.25, 0.3) is 5.56 Å². The van der Waals surface area contributed by atoms with E-state index < -0.39 is 11.2 Å². The Kier molecular flexibility index (Phi) is 8.89. The van der Waals surface area contributed by atoms with Crippen molar-refractivity contribution in [1.29, 1.82) is 5.26 Å². The number of nitrogens with two attached hydrogens (primary N) is 1. The molecule has 3 N–H and O–H groups in total. The smallest absolute Gasteiger partial charge is 0.330 e. The summed E-state index contributed by atoms with van der Waals surface area (Å²) >= 11 is 0. The molecular formula is C22H30N6O4. The maximum Gasteiger partial charge on any atom is 0.330 e. The van der Waals surface area contributed by atoms with Crippen LogP contribution in [-0.4, -0.2) is 42.2 Å². The van der Waals surface area contributed by atoms with Gasteiger partial charge in [-0.1, -0.05) is 13.3 Å². The lowest BCUT2D eigenvalue weighted by molar-refractivity contribution is -0.117. The summed E-state index contributed by atoms with van der Waals surface area (Å²) in [6.45, 7) is 4.78. The molecule has 0 bridgehead atoms. The van der Waals surface area contributed by atoms with Gasteiger partial charge in [0.1, 0.15) is 17.3 Å². The molecule has 0 radical (unpaired) electrons. The standard InChI is InChI=1S/C22H30N6O4/c1-4-6-13-28-20(24)19(21(30)25-22(28)31)26(3)15-18(29)27(14-7-12-23)16-8-10-17(11-9-16)32-5-2/h8-11H,4-7,13-15,24H2,1-3H3,(H,25,30,31). The third-order valence-corrected chi connectivity index (χ3v) is 4.91. The molecule has 0 aliphatic rings. The first kappa shape index (κ1) is 24.5. The van der Waals surface area contributed by atoms with Gasteiger partial charge < -0.3 is 20.3 Å². The van der Waals surface area contributed by atoms with Gasteiger partial charge in [0.15, 0.2) is 0 Å². The van der Waals surface area contributed by atoms with Crippen molar-refractivity contribution in [2.24, 2.45) is 0 Å². The molecule has 0 saturated carbocycles. The molecule has 2 aromatic rings. The number of rotatable bonds is 11. The number of aromatic nitrogens is 2. The van der Waals surface area contributed by atoms with Gasteiger partial charge in [0.2, 0.25) is 5.91 Å². The number of nitriles is 1. The van der Waals surface area contributed by atoms with E-state index in [1.807, 2.05) is 19.9 Å². The monoisotopic (exact) mass is 442 g/mol. The Bertz CT molecular complexity index is 1070. The van der Waals surface area contributed by atoms with E-state index in [9.17, 15) is 14.4 Å². The predicted octanol–water partition coefficient (Wildman–Crippen LogP) is 1.70.